The monoisotopic (exact) mass is 788 g/mol. The summed E-state index contributed by atoms with van der Waals surface area (Å²) in [6, 6.07) is 20.5. The number of non-ortho nitro benzene ring substituents is 2. The van der Waals surface area contributed by atoms with Crippen LogP contribution in [0.2, 0.25) is 0 Å². The van der Waals surface area contributed by atoms with Crippen LogP contribution in [0.3, 0.4) is 0 Å². The van der Waals surface area contributed by atoms with Crippen LogP contribution in [0.4, 0.5) is 21.6 Å². The van der Waals surface area contributed by atoms with Crippen molar-refractivity contribution in [3.05, 3.63) is 149 Å². The van der Waals surface area contributed by atoms with Crippen molar-refractivity contribution >= 4 is 56.7 Å². The average Bonchev–Trinajstić information content (AvgIpc) is 3.85. The molecule has 0 spiro atoms. The van der Waals surface area contributed by atoms with Crippen LogP contribution in [0, 0.1) is 47.9 Å². The molecule has 16 heteroatoms. The van der Waals surface area contributed by atoms with E-state index in [1.807, 2.05) is 74.9 Å². The van der Waals surface area contributed by atoms with Crippen molar-refractivity contribution in [3.8, 4) is 34.0 Å². The molecular formula is C40H36N8O6S2. The van der Waals surface area contributed by atoms with Crippen LogP contribution >= 0.6 is 22.7 Å². The zero-order chi connectivity index (χ0) is 39.6. The number of hydrogen-bond acceptors (Lipinski definition) is 14. The Morgan fingerprint density at radius 2 is 0.982 bits per heavy atom. The summed E-state index contributed by atoms with van der Waals surface area (Å²) in [5.74, 6) is 1.62. The van der Waals surface area contributed by atoms with Crippen molar-refractivity contribution in [2.75, 3.05) is 24.1 Å². The molecular weight excluding hydrogens is 753 g/mol. The molecule has 14 nitrogen and oxygen atoms in total. The number of ether oxygens (including phenoxy) is 2. The minimum Gasteiger partial charge on any atom is -0.489 e. The minimum atomic E-state index is -0.428. The van der Waals surface area contributed by atoms with Gasteiger partial charge in [-0.05, 0) is 122 Å². The van der Waals surface area contributed by atoms with Gasteiger partial charge in [0.15, 0.2) is 0 Å². The maximum atomic E-state index is 10.9. The number of thiazole rings is 2. The number of nitrogens with zero attached hydrogens (tertiary/aromatic N) is 6. The van der Waals surface area contributed by atoms with Gasteiger partial charge in [0.25, 0.3) is 11.4 Å². The average molecular weight is 789 g/mol. The van der Waals surface area contributed by atoms with E-state index in [4.69, 9.17) is 9.47 Å². The third-order valence-corrected chi connectivity index (χ3v) is 9.78. The Morgan fingerprint density at radius 3 is 1.32 bits per heavy atom. The molecule has 2 aromatic heterocycles. The van der Waals surface area contributed by atoms with Crippen molar-refractivity contribution in [1.29, 1.82) is 0 Å². The van der Waals surface area contributed by atoms with E-state index in [1.54, 1.807) is 36.7 Å². The van der Waals surface area contributed by atoms with Gasteiger partial charge in [-0.25, -0.2) is 9.97 Å². The molecule has 0 atom stereocenters. The van der Waals surface area contributed by atoms with Crippen LogP contribution in [0.15, 0.2) is 106 Å². The van der Waals surface area contributed by atoms with Gasteiger partial charge in [-0.3, -0.25) is 31.1 Å². The van der Waals surface area contributed by atoms with E-state index in [0.29, 0.717) is 34.9 Å². The molecule has 0 aliphatic heterocycles. The Kier molecular flexibility index (Phi) is 12.5. The number of benzene rings is 4. The van der Waals surface area contributed by atoms with Crippen molar-refractivity contribution in [3.63, 3.8) is 0 Å². The van der Waals surface area contributed by atoms with Gasteiger partial charge in [0.05, 0.1) is 33.7 Å². The van der Waals surface area contributed by atoms with Crippen molar-refractivity contribution in [2.24, 2.45) is 10.2 Å². The Hall–Kier alpha value is -6.78. The van der Waals surface area contributed by atoms with Crippen LogP contribution in [-0.2, 0) is 0 Å². The number of nitro benzene ring substituents is 2. The highest BCUT2D eigenvalue weighted by molar-refractivity contribution is 7.14. The molecule has 0 saturated carbocycles. The molecule has 56 heavy (non-hydrogen) atoms. The lowest BCUT2D eigenvalue weighted by molar-refractivity contribution is -0.385. The first-order chi connectivity index (χ1) is 27.0. The molecule has 2 heterocycles. The zero-order valence-corrected chi connectivity index (χ0v) is 32.4. The van der Waals surface area contributed by atoms with Gasteiger partial charge in [-0.1, -0.05) is 0 Å². The lowest BCUT2D eigenvalue weighted by Crippen LogP contribution is -2.02. The number of aromatic nitrogens is 2. The maximum Gasteiger partial charge on any atom is 0.269 e. The first-order valence-electron chi connectivity index (χ1n) is 17.2. The number of nitro groups is 2. The molecule has 4 aromatic carbocycles. The summed E-state index contributed by atoms with van der Waals surface area (Å²) in [4.78, 5) is 30.0. The quantitative estimate of drug-likeness (QED) is 0.0415. The van der Waals surface area contributed by atoms with Gasteiger partial charge in [-0.2, -0.15) is 10.2 Å². The van der Waals surface area contributed by atoms with E-state index in [-0.39, 0.29) is 11.4 Å². The number of aryl methyl sites for hydroxylation is 4. The highest BCUT2D eigenvalue weighted by Gasteiger charge is 2.11. The molecule has 0 radical (unpaired) electrons. The Morgan fingerprint density at radius 1 is 0.625 bits per heavy atom. The highest BCUT2D eigenvalue weighted by Crippen LogP contribution is 2.29. The molecule has 0 unspecified atom stereocenters. The largest absolute Gasteiger partial charge is 0.489 e. The highest BCUT2D eigenvalue weighted by atomic mass is 32.1. The lowest BCUT2D eigenvalue weighted by atomic mass is 10.1. The Labute approximate surface area is 330 Å². The third-order valence-electron chi connectivity index (χ3n) is 8.28. The fourth-order valence-electron chi connectivity index (χ4n) is 5.72. The van der Waals surface area contributed by atoms with Crippen molar-refractivity contribution < 1.29 is 19.3 Å². The van der Waals surface area contributed by atoms with Gasteiger partial charge in [0.2, 0.25) is 10.3 Å². The summed E-state index contributed by atoms with van der Waals surface area (Å²) in [6.07, 6.45) is 7.30. The van der Waals surface area contributed by atoms with Crippen molar-refractivity contribution in [2.45, 2.75) is 27.7 Å². The summed E-state index contributed by atoms with van der Waals surface area (Å²) in [5.41, 5.74) is 14.7. The molecule has 0 saturated heterocycles. The van der Waals surface area contributed by atoms with Gasteiger partial charge in [0.1, 0.15) is 24.7 Å². The molecule has 0 fully saturated rings. The topological polar surface area (TPSA) is 179 Å². The van der Waals surface area contributed by atoms with Gasteiger partial charge >= 0.3 is 0 Å². The predicted molar refractivity (Wildman–Crippen MR) is 223 cm³/mol. The summed E-state index contributed by atoms with van der Waals surface area (Å²) < 4.78 is 12.2. The normalized spacial score (nSPS) is 11.4. The molecule has 0 bridgehead atoms. The Balaban J connectivity index is 0.943. The zero-order valence-electron chi connectivity index (χ0n) is 30.8. The summed E-state index contributed by atoms with van der Waals surface area (Å²) in [7, 11) is 0. The number of nitrogens with one attached hydrogen (secondary N) is 2. The SMILES string of the molecule is Cc1cc(/C=N/Nc2nc(-c3ccc([N+](=O)[O-])cc3)cs2)cc(C)c1OC/C=C/COc1c(C)cc(/C=N/Nc2nc(-c3ccc([N+](=O)[O-])cc3)cs2)cc1C. The summed E-state index contributed by atoms with van der Waals surface area (Å²) >= 11 is 2.78. The van der Waals surface area contributed by atoms with Gasteiger partial charge < -0.3 is 9.47 Å². The molecule has 0 aliphatic rings. The predicted octanol–water partition coefficient (Wildman–Crippen LogP) is 9.89. The smallest absolute Gasteiger partial charge is 0.269 e. The summed E-state index contributed by atoms with van der Waals surface area (Å²) in [5, 5.41) is 35.4. The number of hydrogen-bond donors (Lipinski definition) is 2. The Bertz CT molecular complexity index is 2220. The number of anilines is 2. The van der Waals surface area contributed by atoms with Gasteiger partial charge in [-0.15, -0.1) is 22.7 Å². The second-order valence-electron chi connectivity index (χ2n) is 12.5. The molecule has 0 amide bonds. The first kappa shape index (κ1) is 38.9. The van der Waals surface area contributed by atoms with Crippen LogP contribution in [0.1, 0.15) is 33.4 Å². The molecule has 2 N–H and O–H groups in total. The van der Waals surface area contributed by atoms with E-state index in [2.05, 4.69) is 31.0 Å². The fourth-order valence-corrected chi connectivity index (χ4v) is 7.06. The fraction of sp³-hybridized carbons (Fsp3) is 0.150. The lowest BCUT2D eigenvalue weighted by Gasteiger charge is -2.12. The molecule has 6 aromatic rings. The third kappa shape index (κ3) is 10.0. The van der Waals surface area contributed by atoms with Crippen LogP contribution < -0.4 is 20.3 Å². The molecule has 6 rings (SSSR count). The minimum absolute atomic E-state index is 0.0350. The van der Waals surface area contributed by atoms with Crippen molar-refractivity contribution in [1.82, 2.24) is 9.97 Å². The summed E-state index contributed by atoms with van der Waals surface area (Å²) in [6.45, 7) is 8.74. The van der Waals surface area contributed by atoms with E-state index in [0.717, 1.165) is 56.0 Å². The number of hydrazone groups is 2. The van der Waals surface area contributed by atoms with Crippen LogP contribution in [0.25, 0.3) is 22.5 Å². The van der Waals surface area contributed by atoms with Crippen LogP contribution in [0.5, 0.6) is 11.5 Å². The van der Waals surface area contributed by atoms with E-state index in [9.17, 15) is 20.2 Å². The van der Waals surface area contributed by atoms with E-state index >= 15 is 0 Å². The maximum absolute atomic E-state index is 10.9. The molecule has 284 valence electrons. The first-order valence-corrected chi connectivity index (χ1v) is 18.9. The van der Waals surface area contributed by atoms with E-state index < -0.39 is 9.85 Å². The van der Waals surface area contributed by atoms with Gasteiger partial charge in [0, 0.05) is 46.2 Å². The standard InChI is InChI=1S/C40H36N8O6S2/c1-25-17-29(21-41-45-39-43-35(23-55-39)31-7-11-33(12-8-31)47(49)50)18-26(2)37(25)53-15-5-6-16-54-38-27(3)19-30(20-28(38)4)22-42-46-40-44-36(24-56-40)32-9-13-34(14-10-32)48(51)52/h5-14,17-24H,15-16H2,1-4H3,(H,43,45)(H,44,46)/b6-5+,41-21+,42-22+. The molecule has 0 aliphatic carbocycles. The second kappa shape index (κ2) is 18.0. The van der Waals surface area contributed by atoms with Crippen LogP contribution in [-0.4, -0.2) is 45.5 Å². The number of rotatable bonds is 16. The van der Waals surface area contributed by atoms with E-state index in [1.165, 1.54) is 46.9 Å². The second-order valence-corrected chi connectivity index (χ2v) is 14.2.